The van der Waals surface area contributed by atoms with E-state index in [1.807, 2.05) is 44.2 Å². The molecule has 0 heterocycles. The zero-order valence-electron chi connectivity index (χ0n) is 13.2. The molecule has 1 amide bonds. The fourth-order valence-corrected chi connectivity index (χ4v) is 2.50. The number of likely N-dealkylation sites (N-methyl/N-ethyl adjacent to an activating group) is 1. The number of aliphatic hydroxyl groups excluding tert-OH is 1. The van der Waals surface area contributed by atoms with Gasteiger partial charge in [-0.2, -0.15) is 0 Å². The predicted octanol–water partition coefficient (Wildman–Crippen LogP) is 3.25. The first-order valence-electron chi connectivity index (χ1n) is 7.34. The molecule has 3 nitrogen and oxygen atoms in total. The lowest BCUT2D eigenvalue weighted by Gasteiger charge is -2.31. The van der Waals surface area contributed by atoms with Gasteiger partial charge in [0.25, 0.3) is 0 Å². The molecule has 3 atom stereocenters. The Hall–Kier alpha value is -1.35. The van der Waals surface area contributed by atoms with Crippen LogP contribution in [0, 0.1) is 11.8 Å². The van der Waals surface area contributed by atoms with Gasteiger partial charge in [-0.05, 0) is 24.8 Å². The summed E-state index contributed by atoms with van der Waals surface area (Å²) in [7, 11) is 1.77. The zero-order chi connectivity index (χ0) is 15.3. The van der Waals surface area contributed by atoms with Crippen molar-refractivity contribution in [3.05, 3.63) is 35.9 Å². The van der Waals surface area contributed by atoms with Crippen LogP contribution in [0.25, 0.3) is 0 Å². The Kier molecular flexibility index (Phi) is 6.21. The molecule has 0 bridgehead atoms. The molecule has 0 aliphatic carbocycles. The standard InChI is InChI=1S/C17H27NO2/c1-12(2)11-13(3)17(20)18(5)14(4)16(19)15-9-7-6-8-10-15/h6-10,12-14,16,19H,11H2,1-5H3/t13-,14-,16+/m0/s1. The van der Waals surface area contributed by atoms with Crippen LogP contribution < -0.4 is 0 Å². The first-order valence-corrected chi connectivity index (χ1v) is 7.34. The molecule has 3 heteroatoms. The molecule has 1 aromatic rings. The van der Waals surface area contributed by atoms with Crippen molar-refractivity contribution in [2.45, 2.75) is 46.3 Å². The minimum absolute atomic E-state index is 0.00887. The number of amides is 1. The second-order valence-corrected chi connectivity index (χ2v) is 6.08. The van der Waals surface area contributed by atoms with Gasteiger partial charge in [0, 0.05) is 13.0 Å². The van der Waals surface area contributed by atoms with Gasteiger partial charge in [0.05, 0.1) is 12.1 Å². The normalized spacial score (nSPS) is 15.8. The number of hydrogen-bond donors (Lipinski definition) is 1. The van der Waals surface area contributed by atoms with Crippen molar-refractivity contribution < 1.29 is 9.90 Å². The molecule has 0 aromatic heterocycles. The van der Waals surface area contributed by atoms with E-state index in [1.54, 1.807) is 11.9 Å². The number of carbonyl (C=O) groups is 1. The molecular weight excluding hydrogens is 250 g/mol. The highest BCUT2D eigenvalue weighted by Gasteiger charge is 2.27. The summed E-state index contributed by atoms with van der Waals surface area (Å²) >= 11 is 0. The van der Waals surface area contributed by atoms with Crippen LogP contribution in [0.1, 0.15) is 45.8 Å². The van der Waals surface area contributed by atoms with Gasteiger partial charge in [-0.25, -0.2) is 0 Å². The average Bonchev–Trinajstić information content (AvgIpc) is 2.44. The van der Waals surface area contributed by atoms with Crippen LogP contribution in [-0.2, 0) is 4.79 Å². The Labute approximate surface area is 122 Å². The van der Waals surface area contributed by atoms with E-state index in [-0.39, 0.29) is 17.9 Å². The highest BCUT2D eigenvalue weighted by Crippen LogP contribution is 2.22. The Balaban J connectivity index is 2.71. The smallest absolute Gasteiger partial charge is 0.225 e. The third-order valence-corrected chi connectivity index (χ3v) is 3.80. The number of rotatable bonds is 6. The monoisotopic (exact) mass is 277 g/mol. The second-order valence-electron chi connectivity index (χ2n) is 6.08. The summed E-state index contributed by atoms with van der Waals surface area (Å²) < 4.78 is 0. The molecule has 20 heavy (non-hydrogen) atoms. The maximum Gasteiger partial charge on any atom is 0.225 e. The van der Waals surface area contributed by atoms with Gasteiger partial charge in [0.2, 0.25) is 5.91 Å². The predicted molar refractivity (Wildman–Crippen MR) is 82.3 cm³/mol. The molecule has 1 N–H and O–H groups in total. The Bertz CT molecular complexity index is 416. The third-order valence-electron chi connectivity index (χ3n) is 3.80. The lowest BCUT2D eigenvalue weighted by molar-refractivity contribution is -0.138. The molecule has 0 saturated heterocycles. The van der Waals surface area contributed by atoms with Crippen molar-refractivity contribution in [1.29, 1.82) is 0 Å². The van der Waals surface area contributed by atoms with Gasteiger partial charge in [-0.1, -0.05) is 51.1 Å². The van der Waals surface area contributed by atoms with E-state index in [1.165, 1.54) is 0 Å². The summed E-state index contributed by atoms with van der Waals surface area (Å²) in [6.07, 6.45) is 0.216. The lowest BCUT2D eigenvalue weighted by atomic mass is 9.96. The van der Waals surface area contributed by atoms with Crippen LogP contribution in [0.5, 0.6) is 0 Å². The number of nitrogens with zero attached hydrogens (tertiary/aromatic N) is 1. The van der Waals surface area contributed by atoms with Gasteiger partial charge in [0.1, 0.15) is 0 Å². The van der Waals surface area contributed by atoms with Gasteiger partial charge in [0.15, 0.2) is 0 Å². The summed E-state index contributed by atoms with van der Waals surface area (Å²) in [5.41, 5.74) is 0.844. The van der Waals surface area contributed by atoms with Crippen LogP contribution in [0.3, 0.4) is 0 Å². The minimum atomic E-state index is -0.656. The van der Waals surface area contributed by atoms with Crippen LogP contribution >= 0.6 is 0 Å². The van der Waals surface area contributed by atoms with Gasteiger partial charge in [-0.15, -0.1) is 0 Å². The van der Waals surface area contributed by atoms with E-state index in [9.17, 15) is 9.90 Å². The Morgan fingerprint density at radius 3 is 2.20 bits per heavy atom. The summed E-state index contributed by atoms with van der Waals surface area (Å²) in [5, 5.41) is 10.4. The van der Waals surface area contributed by atoms with E-state index in [0.29, 0.717) is 5.92 Å². The number of benzene rings is 1. The Morgan fingerprint density at radius 2 is 1.70 bits per heavy atom. The third kappa shape index (κ3) is 4.34. The van der Waals surface area contributed by atoms with Gasteiger partial charge >= 0.3 is 0 Å². The summed E-state index contributed by atoms with van der Waals surface area (Å²) in [6.45, 7) is 8.08. The SMILES string of the molecule is CC(C)C[C@H](C)C(=O)N(C)[C@@H](C)[C@@H](O)c1ccccc1. The minimum Gasteiger partial charge on any atom is -0.386 e. The number of hydrogen-bond acceptors (Lipinski definition) is 2. The first kappa shape index (κ1) is 16.7. The summed E-state index contributed by atoms with van der Waals surface area (Å²) in [6, 6.07) is 9.25. The molecule has 0 radical (unpaired) electrons. The van der Waals surface area contributed by atoms with E-state index in [2.05, 4.69) is 13.8 Å². The van der Waals surface area contributed by atoms with E-state index < -0.39 is 6.10 Å². The average molecular weight is 277 g/mol. The lowest BCUT2D eigenvalue weighted by Crippen LogP contribution is -2.41. The topological polar surface area (TPSA) is 40.5 Å². The van der Waals surface area contributed by atoms with Gasteiger partial charge < -0.3 is 10.0 Å². The highest BCUT2D eigenvalue weighted by molar-refractivity contribution is 5.78. The van der Waals surface area contributed by atoms with E-state index >= 15 is 0 Å². The van der Waals surface area contributed by atoms with E-state index in [4.69, 9.17) is 0 Å². The molecule has 0 aliphatic heterocycles. The van der Waals surface area contributed by atoms with Crippen LogP contribution in [0.4, 0.5) is 0 Å². The Morgan fingerprint density at radius 1 is 1.15 bits per heavy atom. The van der Waals surface area contributed by atoms with Crippen molar-refractivity contribution in [3.63, 3.8) is 0 Å². The van der Waals surface area contributed by atoms with Crippen LogP contribution in [-0.4, -0.2) is 29.0 Å². The molecular formula is C17H27NO2. The summed E-state index contributed by atoms with van der Waals surface area (Å²) in [4.78, 5) is 14.0. The molecule has 0 fully saturated rings. The fourth-order valence-electron chi connectivity index (χ4n) is 2.50. The number of carbonyl (C=O) groups excluding carboxylic acids is 1. The molecule has 1 aromatic carbocycles. The fraction of sp³-hybridized carbons (Fsp3) is 0.588. The van der Waals surface area contributed by atoms with Crippen molar-refractivity contribution in [2.75, 3.05) is 7.05 Å². The maximum absolute atomic E-state index is 12.4. The molecule has 112 valence electrons. The van der Waals surface area contributed by atoms with Crippen molar-refractivity contribution in [2.24, 2.45) is 11.8 Å². The largest absolute Gasteiger partial charge is 0.386 e. The first-order chi connectivity index (χ1) is 9.34. The zero-order valence-corrected chi connectivity index (χ0v) is 13.2. The molecule has 0 spiro atoms. The summed E-state index contributed by atoms with van der Waals surface area (Å²) in [5.74, 6) is 0.586. The highest BCUT2D eigenvalue weighted by atomic mass is 16.3. The molecule has 0 saturated carbocycles. The number of aliphatic hydroxyl groups is 1. The van der Waals surface area contributed by atoms with Crippen molar-refractivity contribution in [3.8, 4) is 0 Å². The molecule has 0 aliphatic rings. The second kappa shape index (κ2) is 7.44. The van der Waals surface area contributed by atoms with E-state index in [0.717, 1.165) is 12.0 Å². The molecule has 0 unspecified atom stereocenters. The van der Waals surface area contributed by atoms with Crippen LogP contribution in [0.15, 0.2) is 30.3 Å². The van der Waals surface area contributed by atoms with Crippen molar-refractivity contribution >= 4 is 5.91 Å². The van der Waals surface area contributed by atoms with Crippen molar-refractivity contribution in [1.82, 2.24) is 4.90 Å². The maximum atomic E-state index is 12.4. The van der Waals surface area contributed by atoms with Gasteiger partial charge in [-0.3, -0.25) is 4.79 Å². The van der Waals surface area contributed by atoms with Crippen LogP contribution in [0.2, 0.25) is 0 Å². The molecule has 1 rings (SSSR count). The quantitative estimate of drug-likeness (QED) is 0.867.